The van der Waals surface area contributed by atoms with Crippen LogP contribution >= 0.6 is 23.2 Å². The largest absolute Gasteiger partial charge is 0.324 e. The smallest absolute Gasteiger partial charge is 0.287 e. The van der Waals surface area contributed by atoms with E-state index in [1.807, 2.05) is 0 Å². The molecule has 0 bridgehead atoms. The molecule has 0 unspecified atom stereocenters. The molecule has 1 aromatic heterocycles. The van der Waals surface area contributed by atoms with Gasteiger partial charge in [0.2, 0.25) is 0 Å². The van der Waals surface area contributed by atoms with Crippen molar-refractivity contribution in [3.05, 3.63) is 26.6 Å². The van der Waals surface area contributed by atoms with Gasteiger partial charge in [-0.3, -0.25) is 4.79 Å². The molecule has 0 amide bonds. The summed E-state index contributed by atoms with van der Waals surface area (Å²) in [5.74, 6) is 0. The highest BCUT2D eigenvalue weighted by Crippen LogP contribution is 2.14. The molecule has 0 aliphatic rings. The Morgan fingerprint density at radius 3 is 2.64 bits per heavy atom. The molecule has 2 N–H and O–H groups in total. The molecule has 1 aromatic rings. The molecule has 0 atom stereocenters. The van der Waals surface area contributed by atoms with E-state index in [0.717, 1.165) is 0 Å². The molecule has 0 aliphatic heterocycles. The quantitative estimate of drug-likeness (QED) is 0.841. The first-order valence-corrected chi connectivity index (χ1v) is 4.77. The van der Waals surface area contributed by atoms with E-state index in [1.54, 1.807) is 13.8 Å². The van der Waals surface area contributed by atoms with E-state index in [-0.39, 0.29) is 10.0 Å². The Balaban J connectivity index is 3.13. The highest BCUT2D eigenvalue weighted by Gasteiger charge is 2.15. The Hall–Kier alpha value is -0.580. The maximum Gasteiger partial charge on any atom is 0.287 e. The van der Waals surface area contributed by atoms with E-state index in [1.165, 1.54) is 10.9 Å². The van der Waals surface area contributed by atoms with Crippen LogP contribution < -0.4 is 11.3 Å². The van der Waals surface area contributed by atoms with Crippen molar-refractivity contribution < 1.29 is 0 Å². The average molecular weight is 236 g/mol. The summed E-state index contributed by atoms with van der Waals surface area (Å²) in [6, 6.07) is 0. The van der Waals surface area contributed by atoms with Gasteiger partial charge in [-0.2, -0.15) is 5.10 Å². The topological polar surface area (TPSA) is 60.9 Å². The van der Waals surface area contributed by atoms with Gasteiger partial charge < -0.3 is 5.73 Å². The van der Waals surface area contributed by atoms with Crippen LogP contribution in [0.3, 0.4) is 0 Å². The van der Waals surface area contributed by atoms with E-state index in [4.69, 9.17) is 28.9 Å². The second-order valence-corrected chi connectivity index (χ2v) is 4.54. The minimum atomic E-state index is -0.520. The van der Waals surface area contributed by atoms with Crippen molar-refractivity contribution in [2.45, 2.75) is 25.9 Å². The summed E-state index contributed by atoms with van der Waals surface area (Å²) in [4.78, 5) is 11.5. The Labute approximate surface area is 91.6 Å². The second kappa shape index (κ2) is 3.88. The molecule has 1 rings (SSSR count). The predicted molar refractivity (Wildman–Crippen MR) is 56.8 cm³/mol. The van der Waals surface area contributed by atoms with Crippen LogP contribution in [0.4, 0.5) is 0 Å². The summed E-state index contributed by atoms with van der Waals surface area (Å²) >= 11 is 11.3. The molecule has 0 radical (unpaired) electrons. The van der Waals surface area contributed by atoms with Gasteiger partial charge in [0.25, 0.3) is 5.56 Å². The van der Waals surface area contributed by atoms with Gasteiger partial charge in [0.15, 0.2) is 0 Å². The molecular weight excluding hydrogens is 225 g/mol. The molecular formula is C8H11Cl2N3O. The number of nitrogens with zero attached hydrogens (tertiary/aromatic N) is 2. The van der Waals surface area contributed by atoms with Crippen molar-refractivity contribution >= 4 is 23.2 Å². The van der Waals surface area contributed by atoms with E-state index in [9.17, 15) is 4.79 Å². The van der Waals surface area contributed by atoms with Gasteiger partial charge in [0, 0.05) is 5.54 Å². The lowest BCUT2D eigenvalue weighted by atomic mass is 10.1. The van der Waals surface area contributed by atoms with E-state index >= 15 is 0 Å². The normalized spacial score (nSPS) is 11.8. The van der Waals surface area contributed by atoms with E-state index in [0.29, 0.717) is 6.54 Å². The number of halogens is 2. The van der Waals surface area contributed by atoms with Crippen molar-refractivity contribution in [3.8, 4) is 0 Å². The number of nitrogens with two attached hydrogens (primary N) is 1. The Morgan fingerprint density at radius 1 is 1.57 bits per heavy atom. The van der Waals surface area contributed by atoms with Gasteiger partial charge in [-0.05, 0) is 13.8 Å². The Bertz CT molecular complexity index is 395. The van der Waals surface area contributed by atoms with Crippen LogP contribution in [-0.2, 0) is 6.54 Å². The Morgan fingerprint density at radius 2 is 2.14 bits per heavy atom. The molecule has 0 saturated carbocycles. The second-order valence-electron chi connectivity index (χ2n) is 3.76. The molecule has 0 spiro atoms. The lowest BCUT2D eigenvalue weighted by Crippen LogP contribution is -2.41. The first-order valence-electron chi connectivity index (χ1n) is 4.01. The first-order chi connectivity index (χ1) is 6.31. The third-order valence-corrected chi connectivity index (χ3v) is 2.25. The van der Waals surface area contributed by atoms with Crippen molar-refractivity contribution in [1.82, 2.24) is 9.78 Å². The number of hydrogen-bond donors (Lipinski definition) is 1. The summed E-state index contributed by atoms with van der Waals surface area (Å²) in [6.07, 6.45) is 1.33. The fourth-order valence-corrected chi connectivity index (χ4v) is 1.21. The molecule has 4 nitrogen and oxygen atoms in total. The molecule has 78 valence electrons. The lowest BCUT2D eigenvalue weighted by molar-refractivity contribution is 0.396. The number of hydrogen-bond acceptors (Lipinski definition) is 3. The van der Waals surface area contributed by atoms with Crippen LogP contribution in [0.15, 0.2) is 11.0 Å². The highest BCUT2D eigenvalue weighted by atomic mass is 35.5. The van der Waals surface area contributed by atoms with Gasteiger partial charge in [-0.1, -0.05) is 23.2 Å². The van der Waals surface area contributed by atoms with E-state index < -0.39 is 11.1 Å². The summed E-state index contributed by atoms with van der Waals surface area (Å²) in [5, 5.41) is 3.96. The number of aromatic nitrogens is 2. The highest BCUT2D eigenvalue weighted by molar-refractivity contribution is 6.41. The molecule has 0 aliphatic carbocycles. The maximum absolute atomic E-state index is 11.5. The molecule has 0 aromatic carbocycles. The Kier molecular flexibility index (Phi) is 3.19. The predicted octanol–water partition coefficient (Wildman–Crippen LogP) is 1.29. The third-order valence-electron chi connectivity index (χ3n) is 1.50. The molecule has 0 saturated heterocycles. The van der Waals surface area contributed by atoms with Crippen LogP contribution in [0.25, 0.3) is 0 Å². The summed E-state index contributed by atoms with van der Waals surface area (Å²) in [5.41, 5.74) is 4.81. The van der Waals surface area contributed by atoms with Gasteiger partial charge in [0.05, 0.1) is 17.8 Å². The van der Waals surface area contributed by atoms with Crippen LogP contribution in [-0.4, -0.2) is 15.3 Å². The van der Waals surface area contributed by atoms with Crippen molar-refractivity contribution in [2.24, 2.45) is 5.73 Å². The minimum absolute atomic E-state index is 0.0223. The SMILES string of the molecule is CC(C)(N)Cn1ncc(Cl)c(Cl)c1=O. The van der Waals surface area contributed by atoms with Crippen molar-refractivity contribution in [1.29, 1.82) is 0 Å². The minimum Gasteiger partial charge on any atom is -0.324 e. The van der Waals surface area contributed by atoms with Crippen LogP contribution in [0.1, 0.15) is 13.8 Å². The van der Waals surface area contributed by atoms with Crippen LogP contribution in [0.5, 0.6) is 0 Å². The monoisotopic (exact) mass is 235 g/mol. The third kappa shape index (κ3) is 2.70. The molecule has 6 heteroatoms. The van der Waals surface area contributed by atoms with E-state index in [2.05, 4.69) is 5.10 Å². The van der Waals surface area contributed by atoms with Gasteiger partial charge in [0.1, 0.15) is 5.02 Å². The van der Waals surface area contributed by atoms with Crippen LogP contribution in [0, 0.1) is 0 Å². The lowest BCUT2D eigenvalue weighted by Gasteiger charge is -2.18. The fraction of sp³-hybridized carbons (Fsp3) is 0.500. The standard InChI is InChI=1S/C8H11Cl2N3O/c1-8(2,11)4-13-7(14)6(10)5(9)3-12-13/h3H,4,11H2,1-2H3. The van der Waals surface area contributed by atoms with Crippen molar-refractivity contribution in [2.75, 3.05) is 0 Å². The van der Waals surface area contributed by atoms with Gasteiger partial charge in [-0.25, -0.2) is 4.68 Å². The fourth-order valence-electron chi connectivity index (χ4n) is 0.944. The van der Waals surface area contributed by atoms with Crippen LogP contribution in [0.2, 0.25) is 10.0 Å². The zero-order chi connectivity index (χ0) is 10.9. The first kappa shape index (κ1) is 11.5. The molecule has 1 heterocycles. The molecule has 0 fully saturated rings. The maximum atomic E-state index is 11.5. The number of rotatable bonds is 2. The zero-order valence-corrected chi connectivity index (χ0v) is 9.43. The summed E-state index contributed by atoms with van der Waals surface area (Å²) in [7, 11) is 0. The summed E-state index contributed by atoms with van der Waals surface area (Å²) in [6.45, 7) is 3.88. The summed E-state index contributed by atoms with van der Waals surface area (Å²) < 4.78 is 1.20. The van der Waals surface area contributed by atoms with Crippen molar-refractivity contribution in [3.63, 3.8) is 0 Å². The van der Waals surface area contributed by atoms with Gasteiger partial charge in [-0.15, -0.1) is 0 Å². The van der Waals surface area contributed by atoms with Gasteiger partial charge >= 0.3 is 0 Å². The molecule has 14 heavy (non-hydrogen) atoms. The zero-order valence-electron chi connectivity index (χ0n) is 7.92. The average Bonchev–Trinajstić information content (AvgIpc) is 2.04.